The lowest BCUT2D eigenvalue weighted by Crippen LogP contribution is -2.45. The topological polar surface area (TPSA) is 32.3 Å². The number of carbonyl (C=O) groups excluding carboxylic acids is 1. The van der Waals surface area contributed by atoms with Crippen molar-refractivity contribution in [2.75, 3.05) is 31.9 Å². The molecule has 0 unspecified atom stereocenters. The molecule has 1 fully saturated rings. The highest BCUT2D eigenvalue weighted by atomic mass is 32.2. The monoisotopic (exact) mass is 280 g/mol. The number of rotatable bonds is 3. The summed E-state index contributed by atoms with van der Waals surface area (Å²) in [7, 11) is 0. The number of thioether (sulfide) groups is 1. The van der Waals surface area contributed by atoms with Crippen molar-refractivity contribution in [3.8, 4) is 0 Å². The normalized spacial score (nSPS) is 15.4. The Kier molecular flexibility index (Phi) is 5.16. The lowest BCUT2D eigenvalue weighted by molar-refractivity contribution is 0.102. The number of hydrogen-bond donors (Lipinski definition) is 1. The third kappa shape index (κ3) is 3.80. The van der Waals surface area contributed by atoms with Crippen LogP contribution in [0.25, 0.3) is 0 Å². The van der Waals surface area contributed by atoms with Gasteiger partial charge in [0.2, 0.25) is 0 Å². The molecular weight excluding hydrogens is 264 g/mol. The summed E-state index contributed by atoms with van der Waals surface area (Å²) in [6.07, 6.45) is 0. The molecule has 0 bridgehead atoms. The minimum atomic E-state index is 0.137. The van der Waals surface area contributed by atoms with Crippen LogP contribution in [0.15, 0.2) is 30.3 Å². The van der Waals surface area contributed by atoms with Crippen molar-refractivity contribution in [3.05, 3.63) is 35.9 Å². The fraction of sp³-hybridized carbons (Fsp3) is 0.385. The van der Waals surface area contributed by atoms with E-state index in [2.05, 4.69) is 10.2 Å². The van der Waals surface area contributed by atoms with Crippen LogP contribution in [0.2, 0.25) is 0 Å². The quantitative estimate of drug-likeness (QED) is 0.674. The summed E-state index contributed by atoms with van der Waals surface area (Å²) in [5, 5.41) is 3.28. The fourth-order valence-electron chi connectivity index (χ4n) is 1.77. The predicted octanol–water partition coefficient (Wildman–Crippen LogP) is 1.79. The van der Waals surface area contributed by atoms with Crippen LogP contribution in [0.1, 0.15) is 10.4 Å². The zero-order valence-corrected chi connectivity index (χ0v) is 11.7. The highest BCUT2D eigenvalue weighted by Gasteiger charge is 2.15. The van der Waals surface area contributed by atoms with Crippen molar-refractivity contribution in [2.24, 2.45) is 0 Å². The van der Waals surface area contributed by atoms with Gasteiger partial charge in [0.1, 0.15) is 4.32 Å². The molecule has 0 spiro atoms. The SMILES string of the molecule is O=C(CSC(=S)N1CCNCC1)c1ccccc1. The Morgan fingerprint density at radius 2 is 1.94 bits per heavy atom. The molecule has 1 aliphatic rings. The number of piperazine rings is 1. The van der Waals surface area contributed by atoms with E-state index in [1.165, 1.54) is 11.8 Å². The van der Waals surface area contributed by atoms with Crippen LogP contribution in [-0.4, -0.2) is 46.9 Å². The molecule has 1 aromatic carbocycles. The third-order valence-corrected chi connectivity index (χ3v) is 4.32. The van der Waals surface area contributed by atoms with Crippen molar-refractivity contribution in [3.63, 3.8) is 0 Å². The van der Waals surface area contributed by atoms with Gasteiger partial charge in [0.05, 0.1) is 5.75 Å². The lowest BCUT2D eigenvalue weighted by Gasteiger charge is -2.29. The van der Waals surface area contributed by atoms with Gasteiger partial charge in [-0.1, -0.05) is 54.3 Å². The average Bonchev–Trinajstić information content (AvgIpc) is 2.46. The summed E-state index contributed by atoms with van der Waals surface area (Å²) >= 11 is 6.82. The molecule has 96 valence electrons. The number of Topliss-reactive ketones (excluding diaryl/α,β-unsaturated/α-hetero) is 1. The minimum Gasteiger partial charge on any atom is -0.355 e. The zero-order valence-electron chi connectivity index (χ0n) is 10.1. The molecule has 0 aromatic heterocycles. The number of nitrogens with one attached hydrogen (secondary N) is 1. The van der Waals surface area contributed by atoms with Crippen molar-refractivity contribution in [1.82, 2.24) is 10.2 Å². The largest absolute Gasteiger partial charge is 0.355 e. The summed E-state index contributed by atoms with van der Waals surface area (Å²) in [5.41, 5.74) is 0.758. The second-order valence-corrected chi connectivity index (χ2v) is 5.69. The van der Waals surface area contributed by atoms with Gasteiger partial charge in [-0.15, -0.1) is 0 Å². The van der Waals surface area contributed by atoms with E-state index in [4.69, 9.17) is 12.2 Å². The lowest BCUT2D eigenvalue weighted by atomic mass is 10.2. The molecular formula is C13H16N2OS2. The second kappa shape index (κ2) is 6.87. The Bertz CT molecular complexity index is 416. The van der Waals surface area contributed by atoms with E-state index >= 15 is 0 Å². The van der Waals surface area contributed by atoms with Crippen molar-refractivity contribution < 1.29 is 4.79 Å². The number of benzene rings is 1. The number of carbonyl (C=O) groups is 1. The van der Waals surface area contributed by atoms with E-state index in [0.29, 0.717) is 5.75 Å². The van der Waals surface area contributed by atoms with Crippen LogP contribution >= 0.6 is 24.0 Å². The van der Waals surface area contributed by atoms with E-state index in [9.17, 15) is 4.79 Å². The van der Waals surface area contributed by atoms with E-state index < -0.39 is 0 Å². The summed E-state index contributed by atoms with van der Waals surface area (Å²) in [6, 6.07) is 9.36. The van der Waals surface area contributed by atoms with Crippen LogP contribution in [0.3, 0.4) is 0 Å². The average molecular weight is 280 g/mol. The molecule has 1 saturated heterocycles. The molecule has 0 amide bonds. The van der Waals surface area contributed by atoms with Crippen LogP contribution in [0, 0.1) is 0 Å². The smallest absolute Gasteiger partial charge is 0.173 e. The Hall–Kier alpha value is -0.910. The van der Waals surface area contributed by atoms with Crippen LogP contribution in [0.5, 0.6) is 0 Å². The van der Waals surface area contributed by atoms with Gasteiger partial charge < -0.3 is 10.2 Å². The molecule has 18 heavy (non-hydrogen) atoms. The molecule has 1 aromatic rings. The summed E-state index contributed by atoms with van der Waals surface area (Å²) in [6.45, 7) is 3.80. The number of thiocarbonyl (C=S) groups is 1. The van der Waals surface area contributed by atoms with Gasteiger partial charge in [-0.25, -0.2) is 0 Å². The number of hydrogen-bond acceptors (Lipinski definition) is 4. The molecule has 1 N–H and O–H groups in total. The Morgan fingerprint density at radius 1 is 1.28 bits per heavy atom. The molecule has 1 aliphatic heterocycles. The standard InChI is InChI=1S/C13H16N2OS2/c16-12(11-4-2-1-3-5-11)10-18-13(17)15-8-6-14-7-9-15/h1-5,14H,6-10H2. The summed E-state index contributed by atoms with van der Waals surface area (Å²) in [4.78, 5) is 14.1. The Labute approximate surface area is 117 Å². The second-order valence-electron chi connectivity index (χ2n) is 4.08. The van der Waals surface area contributed by atoms with Crippen LogP contribution < -0.4 is 5.32 Å². The van der Waals surface area contributed by atoms with Crippen molar-refractivity contribution >= 4 is 34.1 Å². The van der Waals surface area contributed by atoms with Gasteiger partial charge in [-0.2, -0.15) is 0 Å². The fourth-order valence-corrected chi connectivity index (χ4v) is 2.92. The van der Waals surface area contributed by atoms with Gasteiger partial charge in [0.15, 0.2) is 5.78 Å². The summed E-state index contributed by atoms with van der Waals surface area (Å²) in [5.74, 6) is 0.561. The van der Waals surface area contributed by atoms with Gasteiger partial charge >= 0.3 is 0 Å². The van der Waals surface area contributed by atoms with Crippen molar-refractivity contribution in [1.29, 1.82) is 0 Å². The predicted molar refractivity (Wildman–Crippen MR) is 80.3 cm³/mol. The molecule has 2 rings (SSSR count). The zero-order chi connectivity index (χ0) is 12.8. The van der Waals surface area contributed by atoms with Gasteiger partial charge in [0, 0.05) is 31.7 Å². The molecule has 1 heterocycles. The van der Waals surface area contributed by atoms with Crippen molar-refractivity contribution in [2.45, 2.75) is 0 Å². The molecule has 0 atom stereocenters. The maximum absolute atomic E-state index is 11.9. The first-order valence-electron chi connectivity index (χ1n) is 5.98. The van der Waals surface area contributed by atoms with Gasteiger partial charge in [-0.3, -0.25) is 4.79 Å². The third-order valence-electron chi connectivity index (χ3n) is 2.80. The number of ketones is 1. The first-order valence-corrected chi connectivity index (χ1v) is 7.37. The first kappa shape index (κ1) is 13.5. The highest BCUT2D eigenvalue weighted by molar-refractivity contribution is 8.23. The van der Waals surface area contributed by atoms with Gasteiger partial charge in [0.25, 0.3) is 0 Å². The highest BCUT2D eigenvalue weighted by Crippen LogP contribution is 2.13. The van der Waals surface area contributed by atoms with E-state index in [0.717, 1.165) is 36.1 Å². The van der Waals surface area contributed by atoms with E-state index in [-0.39, 0.29) is 5.78 Å². The maximum atomic E-state index is 11.9. The summed E-state index contributed by atoms with van der Waals surface area (Å²) < 4.78 is 0.834. The Morgan fingerprint density at radius 3 is 2.61 bits per heavy atom. The van der Waals surface area contributed by atoms with Crippen LogP contribution in [0.4, 0.5) is 0 Å². The molecule has 3 nitrogen and oxygen atoms in total. The molecule has 0 saturated carbocycles. The van der Waals surface area contributed by atoms with Gasteiger partial charge in [-0.05, 0) is 0 Å². The molecule has 0 radical (unpaired) electrons. The molecule has 5 heteroatoms. The van der Waals surface area contributed by atoms with E-state index in [1.54, 1.807) is 0 Å². The first-order chi connectivity index (χ1) is 8.77. The number of nitrogens with zero attached hydrogens (tertiary/aromatic N) is 1. The Balaban J connectivity index is 1.80. The minimum absolute atomic E-state index is 0.137. The van der Waals surface area contributed by atoms with Crippen LogP contribution in [-0.2, 0) is 0 Å². The van der Waals surface area contributed by atoms with E-state index in [1.807, 2.05) is 30.3 Å². The molecule has 0 aliphatic carbocycles. The maximum Gasteiger partial charge on any atom is 0.173 e.